The molecule has 2 heterocycles. The first-order chi connectivity index (χ1) is 15.1. The van der Waals surface area contributed by atoms with Crippen LogP contribution in [0.1, 0.15) is 10.4 Å². The third-order valence-electron chi connectivity index (χ3n) is 5.46. The van der Waals surface area contributed by atoms with Gasteiger partial charge in [-0.2, -0.15) is 0 Å². The van der Waals surface area contributed by atoms with Gasteiger partial charge in [-0.15, -0.1) is 0 Å². The second-order valence-corrected chi connectivity index (χ2v) is 7.45. The zero-order chi connectivity index (χ0) is 21.4. The topological polar surface area (TPSA) is 79.3 Å². The first kappa shape index (κ1) is 18.9. The summed E-state index contributed by atoms with van der Waals surface area (Å²) in [5.41, 5.74) is 4.89. The zero-order valence-electron chi connectivity index (χ0n) is 17.0. The number of carbonyl (C=O) groups is 2. The lowest BCUT2D eigenvalue weighted by molar-refractivity contribution is 0.102. The molecular weight excluding hydrogens is 390 g/mol. The van der Waals surface area contributed by atoms with Crippen LogP contribution in [0, 0.1) is 0 Å². The van der Waals surface area contributed by atoms with Crippen LogP contribution in [0.15, 0.2) is 72.8 Å². The molecule has 154 valence electrons. The van der Waals surface area contributed by atoms with E-state index >= 15 is 0 Å². The van der Waals surface area contributed by atoms with Gasteiger partial charge < -0.3 is 15.2 Å². The minimum atomic E-state index is -0.225. The van der Waals surface area contributed by atoms with Gasteiger partial charge in [-0.25, -0.2) is 9.78 Å². The monoisotopic (exact) mass is 411 g/mol. The smallest absolute Gasteiger partial charge is 0.321 e. The molecule has 0 spiro atoms. The lowest BCUT2D eigenvalue weighted by Crippen LogP contribution is -2.27. The Morgan fingerprint density at radius 3 is 2.58 bits per heavy atom. The predicted octanol–water partition coefficient (Wildman–Crippen LogP) is 4.02. The maximum absolute atomic E-state index is 12.7. The van der Waals surface area contributed by atoms with Crippen molar-refractivity contribution in [3.05, 3.63) is 78.4 Å². The van der Waals surface area contributed by atoms with Crippen LogP contribution >= 0.6 is 0 Å². The van der Waals surface area contributed by atoms with Crippen LogP contribution in [0.2, 0.25) is 0 Å². The zero-order valence-corrected chi connectivity index (χ0v) is 17.0. The molecule has 1 aliphatic rings. The van der Waals surface area contributed by atoms with Crippen molar-refractivity contribution in [2.45, 2.75) is 0 Å². The summed E-state index contributed by atoms with van der Waals surface area (Å²) in [6, 6.07) is 22.6. The minimum absolute atomic E-state index is 0.143. The van der Waals surface area contributed by atoms with Gasteiger partial charge in [0.1, 0.15) is 5.82 Å². The number of aryl methyl sites for hydroxylation is 1. The van der Waals surface area contributed by atoms with Gasteiger partial charge >= 0.3 is 6.03 Å². The second-order valence-electron chi connectivity index (χ2n) is 7.45. The van der Waals surface area contributed by atoms with Crippen molar-refractivity contribution >= 4 is 34.3 Å². The molecule has 1 fully saturated rings. The van der Waals surface area contributed by atoms with E-state index < -0.39 is 0 Å². The number of para-hydroxylation sites is 2. The largest absolute Gasteiger partial charge is 0.336 e. The van der Waals surface area contributed by atoms with E-state index in [0.717, 1.165) is 22.4 Å². The Bertz CT molecular complexity index is 1290. The molecule has 3 aromatic carbocycles. The summed E-state index contributed by atoms with van der Waals surface area (Å²) >= 11 is 0. The quantitative estimate of drug-likeness (QED) is 0.532. The summed E-state index contributed by atoms with van der Waals surface area (Å²) in [4.78, 5) is 31.0. The summed E-state index contributed by atoms with van der Waals surface area (Å²) in [6.07, 6.45) is 0. The van der Waals surface area contributed by atoms with Crippen molar-refractivity contribution in [3.63, 3.8) is 0 Å². The van der Waals surface area contributed by atoms with Crippen LogP contribution in [0.4, 0.5) is 16.2 Å². The highest BCUT2D eigenvalue weighted by Gasteiger charge is 2.21. The molecule has 0 unspecified atom stereocenters. The fourth-order valence-corrected chi connectivity index (χ4v) is 3.84. The first-order valence-electron chi connectivity index (χ1n) is 10.1. The third-order valence-corrected chi connectivity index (χ3v) is 5.46. The number of nitrogens with one attached hydrogen (secondary N) is 2. The van der Waals surface area contributed by atoms with Crippen LogP contribution in [0.3, 0.4) is 0 Å². The fourth-order valence-electron chi connectivity index (χ4n) is 3.84. The number of hydrogen-bond donors (Lipinski definition) is 2. The number of hydrogen-bond acceptors (Lipinski definition) is 3. The van der Waals surface area contributed by atoms with E-state index in [1.54, 1.807) is 23.1 Å². The number of fused-ring (bicyclic) bond motifs is 1. The molecule has 31 heavy (non-hydrogen) atoms. The van der Waals surface area contributed by atoms with E-state index in [4.69, 9.17) is 4.98 Å². The summed E-state index contributed by atoms with van der Waals surface area (Å²) in [7, 11) is 1.99. The number of urea groups is 1. The van der Waals surface area contributed by atoms with Crippen molar-refractivity contribution < 1.29 is 9.59 Å². The highest BCUT2D eigenvalue weighted by atomic mass is 16.2. The lowest BCUT2D eigenvalue weighted by Gasteiger charge is -2.15. The molecule has 4 aromatic rings. The van der Waals surface area contributed by atoms with Crippen molar-refractivity contribution in [1.82, 2.24) is 14.9 Å². The van der Waals surface area contributed by atoms with Crippen LogP contribution in [0.25, 0.3) is 22.4 Å². The Kier molecular flexibility index (Phi) is 4.63. The number of anilines is 2. The predicted molar refractivity (Wildman–Crippen MR) is 121 cm³/mol. The molecule has 7 nitrogen and oxygen atoms in total. The minimum Gasteiger partial charge on any atom is -0.336 e. The van der Waals surface area contributed by atoms with Crippen LogP contribution < -0.4 is 15.5 Å². The number of aromatic nitrogens is 2. The Hall–Kier alpha value is -4.13. The molecular formula is C24H21N5O2. The average Bonchev–Trinajstić information content (AvgIpc) is 3.38. The molecule has 0 bridgehead atoms. The van der Waals surface area contributed by atoms with Crippen LogP contribution in [-0.2, 0) is 7.05 Å². The van der Waals surface area contributed by atoms with E-state index in [2.05, 4.69) is 15.2 Å². The van der Waals surface area contributed by atoms with Gasteiger partial charge in [-0.1, -0.05) is 18.2 Å². The van der Waals surface area contributed by atoms with E-state index in [0.29, 0.717) is 30.0 Å². The number of imidazole rings is 1. The fraction of sp³-hybridized carbons (Fsp3) is 0.125. The number of carbonyl (C=O) groups excluding carboxylic acids is 2. The molecule has 5 rings (SSSR count). The average molecular weight is 411 g/mol. The van der Waals surface area contributed by atoms with Crippen molar-refractivity contribution in [3.8, 4) is 11.4 Å². The Morgan fingerprint density at radius 2 is 1.84 bits per heavy atom. The maximum Gasteiger partial charge on any atom is 0.321 e. The molecule has 0 aliphatic carbocycles. The molecule has 1 aliphatic heterocycles. The van der Waals surface area contributed by atoms with Crippen molar-refractivity contribution in [2.24, 2.45) is 7.05 Å². The summed E-state index contributed by atoms with van der Waals surface area (Å²) in [5, 5.41) is 5.69. The highest BCUT2D eigenvalue weighted by Crippen LogP contribution is 2.25. The van der Waals surface area contributed by atoms with E-state index in [1.165, 1.54) is 0 Å². The molecule has 0 atom stereocenters. The Morgan fingerprint density at radius 1 is 1.03 bits per heavy atom. The van der Waals surface area contributed by atoms with Gasteiger partial charge in [0.15, 0.2) is 0 Å². The molecule has 3 amide bonds. The Labute approximate surface area is 179 Å². The summed E-state index contributed by atoms with van der Waals surface area (Å²) in [5.74, 6) is 0.646. The van der Waals surface area contributed by atoms with E-state index in [1.807, 2.05) is 61.6 Å². The van der Waals surface area contributed by atoms with Crippen molar-refractivity contribution in [2.75, 3.05) is 23.3 Å². The number of amides is 3. The number of nitrogens with zero attached hydrogens (tertiary/aromatic N) is 3. The normalized spacial score (nSPS) is 13.5. The Balaban J connectivity index is 1.34. The standard InChI is InChI=1S/C24H21N5O2/c1-28-21-8-3-2-7-20(21)27-22(28)16-9-11-18(12-10-16)26-23(30)17-5-4-6-19(15-17)29-14-13-25-24(29)31/h2-12,15H,13-14H2,1H3,(H,25,31)(H,26,30). The van der Waals surface area contributed by atoms with Gasteiger partial charge in [-0.05, 0) is 54.6 Å². The van der Waals surface area contributed by atoms with Crippen LogP contribution in [0.5, 0.6) is 0 Å². The molecule has 7 heteroatoms. The molecule has 0 radical (unpaired) electrons. The molecule has 1 aromatic heterocycles. The van der Waals surface area contributed by atoms with Crippen LogP contribution in [-0.4, -0.2) is 34.6 Å². The van der Waals surface area contributed by atoms with Gasteiger partial charge in [-0.3, -0.25) is 9.69 Å². The molecule has 1 saturated heterocycles. The summed E-state index contributed by atoms with van der Waals surface area (Å²) in [6.45, 7) is 1.20. The molecule has 0 saturated carbocycles. The van der Waals surface area contributed by atoms with Gasteiger partial charge in [0.25, 0.3) is 5.91 Å². The maximum atomic E-state index is 12.7. The van der Waals surface area contributed by atoms with Gasteiger partial charge in [0, 0.05) is 42.6 Å². The first-order valence-corrected chi connectivity index (χ1v) is 10.1. The molecule has 2 N–H and O–H groups in total. The number of rotatable bonds is 4. The van der Waals surface area contributed by atoms with E-state index in [-0.39, 0.29) is 11.9 Å². The second kappa shape index (κ2) is 7.60. The van der Waals surface area contributed by atoms with E-state index in [9.17, 15) is 9.59 Å². The SMILES string of the molecule is Cn1c(-c2ccc(NC(=O)c3cccc(N4CCNC4=O)c3)cc2)nc2ccccc21. The lowest BCUT2D eigenvalue weighted by atomic mass is 10.1. The van der Waals surface area contributed by atoms with Crippen molar-refractivity contribution in [1.29, 1.82) is 0 Å². The van der Waals surface area contributed by atoms with Gasteiger partial charge in [0.2, 0.25) is 0 Å². The third kappa shape index (κ3) is 3.50. The summed E-state index contributed by atoms with van der Waals surface area (Å²) < 4.78 is 2.06. The van der Waals surface area contributed by atoms with Gasteiger partial charge in [0.05, 0.1) is 11.0 Å². The highest BCUT2D eigenvalue weighted by molar-refractivity contribution is 6.05. The number of benzene rings is 3.